The number of hydrogen-bond acceptors (Lipinski definition) is 7. The zero-order chi connectivity index (χ0) is 24.8. The predicted molar refractivity (Wildman–Crippen MR) is 126 cm³/mol. The zero-order valence-corrected chi connectivity index (χ0v) is 19.7. The van der Waals surface area contributed by atoms with Crippen LogP contribution in [-0.2, 0) is 19.1 Å². The average Bonchev–Trinajstić information content (AvgIpc) is 3.01. The van der Waals surface area contributed by atoms with Gasteiger partial charge in [-0.25, -0.2) is 4.39 Å². The number of carbonyl (C=O) groups is 4. The number of thioether (sulfide) groups is 1. The Bertz CT molecular complexity index is 1170. The Balaban J connectivity index is 1.61. The van der Waals surface area contributed by atoms with Gasteiger partial charge in [0.15, 0.2) is 6.61 Å². The van der Waals surface area contributed by atoms with Crippen LogP contribution >= 0.6 is 23.4 Å². The lowest BCUT2D eigenvalue weighted by Crippen LogP contribution is -2.35. The first kappa shape index (κ1) is 25.3. The molecule has 0 aliphatic carbocycles. The molecule has 0 aromatic heterocycles. The van der Waals surface area contributed by atoms with Crippen LogP contribution in [0.3, 0.4) is 0 Å². The first-order chi connectivity index (χ1) is 16.1. The molecule has 1 fully saturated rings. The summed E-state index contributed by atoms with van der Waals surface area (Å²) in [6, 6.07) is 10.3. The molecule has 3 rings (SSSR count). The van der Waals surface area contributed by atoms with Gasteiger partial charge in [-0.3, -0.25) is 24.1 Å². The molecule has 1 aliphatic heterocycles. The number of halogens is 2. The summed E-state index contributed by atoms with van der Waals surface area (Å²) in [6.07, 6.45) is 1.09. The summed E-state index contributed by atoms with van der Waals surface area (Å²) in [5, 5.41) is 1.97. The van der Waals surface area contributed by atoms with E-state index in [1.165, 1.54) is 36.4 Å². The summed E-state index contributed by atoms with van der Waals surface area (Å²) in [5.41, 5.74) is 0.535. The number of nitrogens with one attached hydrogen (secondary N) is 1. The van der Waals surface area contributed by atoms with Gasteiger partial charge in [0.2, 0.25) is 0 Å². The zero-order valence-electron chi connectivity index (χ0n) is 18.2. The third-order valence-electron chi connectivity index (χ3n) is 4.29. The maximum Gasteiger partial charge on any atom is 0.326 e. The Hall–Kier alpha value is -3.37. The molecule has 11 heteroatoms. The standard InChI is InChI=1S/C23H20ClFN2O6S/c1-13(2)33-21(29)11-27-22(30)19(34-23(27)31)10-14-7-8-18(15(24)9-14)32-12-20(28)26-17-6-4-3-5-16(17)25/h3-10,13H,11-12H2,1-2H3,(H,26,28)/b19-10+. The topological polar surface area (TPSA) is 102 Å². The van der Waals surface area contributed by atoms with Crippen molar-refractivity contribution in [3.8, 4) is 5.75 Å². The molecule has 0 unspecified atom stereocenters. The van der Waals surface area contributed by atoms with E-state index in [1.54, 1.807) is 26.0 Å². The van der Waals surface area contributed by atoms with Gasteiger partial charge in [0.25, 0.3) is 17.1 Å². The van der Waals surface area contributed by atoms with Crippen LogP contribution in [-0.4, -0.2) is 47.2 Å². The van der Waals surface area contributed by atoms with E-state index in [0.717, 1.165) is 4.90 Å². The summed E-state index contributed by atoms with van der Waals surface area (Å²) in [5.74, 6) is -2.24. The molecule has 8 nitrogen and oxygen atoms in total. The van der Waals surface area contributed by atoms with Gasteiger partial charge in [-0.2, -0.15) is 0 Å². The minimum absolute atomic E-state index is 0.0314. The number of imide groups is 1. The van der Waals surface area contributed by atoms with Gasteiger partial charge in [-0.15, -0.1) is 0 Å². The Morgan fingerprint density at radius 1 is 1.21 bits per heavy atom. The van der Waals surface area contributed by atoms with Crippen LogP contribution in [0.5, 0.6) is 5.75 Å². The molecular formula is C23H20ClFN2O6S. The lowest BCUT2D eigenvalue weighted by Gasteiger charge is -2.13. The number of para-hydroxylation sites is 1. The quantitative estimate of drug-likeness (QED) is 0.416. The summed E-state index contributed by atoms with van der Waals surface area (Å²) in [4.78, 5) is 49.4. The van der Waals surface area contributed by atoms with Crippen molar-refractivity contribution < 1.29 is 33.0 Å². The number of anilines is 1. The minimum atomic E-state index is -0.679. The van der Waals surface area contributed by atoms with E-state index >= 15 is 0 Å². The van der Waals surface area contributed by atoms with E-state index in [2.05, 4.69) is 5.32 Å². The molecule has 0 atom stereocenters. The fraction of sp³-hybridized carbons (Fsp3) is 0.217. The lowest BCUT2D eigenvalue weighted by atomic mass is 10.2. The van der Waals surface area contributed by atoms with Crippen molar-refractivity contribution >= 4 is 58.1 Å². The van der Waals surface area contributed by atoms with Crippen LogP contribution < -0.4 is 10.1 Å². The van der Waals surface area contributed by atoms with Crippen molar-refractivity contribution in [2.24, 2.45) is 0 Å². The van der Waals surface area contributed by atoms with Crippen LogP contribution in [0.15, 0.2) is 47.4 Å². The number of amides is 3. The maximum absolute atomic E-state index is 13.6. The van der Waals surface area contributed by atoms with E-state index < -0.39 is 42.0 Å². The van der Waals surface area contributed by atoms with Gasteiger partial charge < -0.3 is 14.8 Å². The van der Waals surface area contributed by atoms with Crippen molar-refractivity contribution in [2.45, 2.75) is 20.0 Å². The Kier molecular flexibility index (Phi) is 8.30. The number of esters is 1. The molecule has 0 radical (unpaired) electrons. The number of rotatable bonds is 8. The van der Waals surface area contributed by atoms with E-state index in [1.807, 2.05) is 0 Å². The van der Waals surface area contributed by atoms with E-state index in [-0.39, 0.29) is 27.5 Å². The molecule has 2 aromatic rings. The van der Waals surface area contributed by atoms with Gasteiger partial charge in [0.05, 0.1) is 21.7 Å². The van der Waals surface area contributed by atoms with Crippen molar-refractivity contribution in [2.75, 3.05) is 18.5 Å². The fourth-order valence-electron chi connectivity index (χ4n) is 2.83. The highest BCUT2D eigenvalue weighted by Crippen LogP contribution is 2.33. The molecule has 3 amide bonds. The van der Waals surface area contributed by atoms with E-state index in [9.17, 15) is 23.6 Å². The fourth-order valence-corrected chi connectivity index (χ4v) is 3.91. The minimum Gasteiger partial charge on any atom is -0.482 e. The number of ether oxygens (including phenoxy) is 2. The third kappa shape index (κ3) is 6.58. The van der Waals surface area contributed by atoms with Gasteiger partial charge in [0.1, 0.15) is 18.1 Å². The number of benzene rings is 2. The molecule has 178 valence electrons. The predicted octanol–water partition coefficient (Wildman–Crippen LogP) is 4.48. The van der Waals surface area contributed by atoms with Crippen LogP contribution in [0.2, 0.25) is 5.02 Å². The molecule has 0 bridgehead atoms. The Morgan fingerprint density at radius 3 is 2.62 bits per heavy atom. The van der Waals surface area contributed by atoms with Crippen LogP contribution in [0.25, 0.3) is 6.08 Å². The summed E-state index contributed by atoms with van der Waals surface area (Å²) in [6.45, 7) is 2.46. The van der Waals surface area contributed by atoms with Gasteiger partial charge in [0, 0.05) is 0 Å². The molecule has 1 heterocycles. The molecule has 1 saturated heterocycles. The number of nitrogens with zero attached hydrogens (tertiary/aromatic N) is 1. The SMILES string of the molecule is CC(C)OC(=O)CN1C(=O)S/C(=C/c2ccc(OCC(=O)Nc3ccccc3F)c(Cl)c2)C1=O. The smallest absolute Gasteiger partial charge is 0.326 e. The first-order valence-electron chi connectivity index (χ1n) is 10.1. The largest absolute Gasteiger partial charge is 0.482 e. The van der Waals surface area contributed by atoms with Crippen LogP contribution in [0.1, 0.15) is 19.4 Å². The number of carbonyl (C=O) groups excluding carboxylic acids is 4. The molecule has 2 aromatic carbocycles. The summed E-state index contributed by atoms with van der Waals surface area (Å²) >= 11 is 6.92. The molecule has 1 N–H and O–H groups in total. The summed E-state index contributed by atoms with van der Waals surface area (Å²) < 4.78 is 24.0. The second-order valence-corrected chi connectivity index (χ2v) is 8.71. The Morgan fingerprint density at radius 2 is 1.94 bits per heavy atom. The van der Waals surface area contributed by atoms with E-state index in [4.69, 9.17) is 21.1 Å². The van der Waals surface area contributed by atoms with E-state index in [0.29, 0.717) is 17.3 Å². The van der Waals surface area contributed by atoms with Gasteiger partial charge >= 0.3 is 5.97 Å². The molecule has 0 spiro atoms. The molecule has 0 saturated carbocycles. The lowest BCUT2D eigenvalue weighted by molar-refractivity contribution is -0.149. The average molecular weight is 507 g/mol. The van der Waals surface area contributed by atoms with Crippen molar-refractivity contribution in [1.29, 1.82) is 0 Å². The first-order valence-corrected chi connectivity index (χ1v) is 11.2. The Labute approximate surface area is 204 Å². The summed E-state index contributed by atoms with van der Waals surface area (Å²) in [7, 11) is 0. The van der Waals surface area contributed by atoms with Gasteiger partial charge in [-0.05, 0) is 61.5 Å². The molecule has 1 aliphatic rings. The maximum atomic E-state index is 13.6. The molecular weight excluding hydrogens is 487 g/mol. The van der Waals surface area contributed by atoms with Gasteiger partial charge in [-0.1, -0.05) is 29.8 Å². The molecule has 34 heavy (non-hydrogen) atoms. The van der Waals surface area contributed by atoms with Crippen molar-refractivity contribution in [1.82, 2.24) is 4.90 Å². The van der Waals surface area contributed by atoms with Crippen molar-refractivity contribution in [3.05, 3.63) is 63.8 Å². The second-order valence-electron chi connectivity index (χ2n) is 7.31. The third-order valence-corrected chi connectivity index (χ3v) is 5.49. The second kappa shape index (κ2) is 11.2. The monoisotopic (exact) mass is 506 g/mol. The van der Waals surface area contributed by atoms with Crippen LogP contribution in [0, 0.1) is 5.82 Å². The normalized spacial score (nSPS) is 14.6. The highest BCUT2D eigenvalue weighted by Gasteiger charge is 2.36. The number of hydrogen-bond donors (Lipinski definition) is 1. The highest BCUT2D eigenvalue weighted by atomic mass is 35.5. The van der Waals surface area contributed by atoms with Crippen molar-refractivity contribution in [3.63, 3.8) is 0 Å². The highest BCUT2D eigenvalue weighted by molar-refractivity contribution is 8.18. The van der Waals surface area contributed by atoms with Crippen LogP contribution in [0.4, 0.5) is 14.9 Å².